The molecule has 150 valence electrons. The summed E-state index contributed by atoms with van der Waals surface area (Å²) in [4.78, 5) is 13.8. The van der Waals surface area contributed by atoms with Crippen LogP contribution in [0.25, 0.3) is 22.3 Å². The number of hydrogen-bond donors (Lipinski definition) is 1. The second-order valence-corrected chi connectivity index (χ2v) is 7.67. The normalized spacial score (nSPS) is 18.5. The molecule has 0 amide bonds. The van der Waals surface area contributed by atoms with Crippen molar-refractivity contribution in [2.75, 3.05) is 5.32 Å². The van der Waals surface area contributed by atoms with Crippen LogP contribution in [0, 0.1) is 0 Å². The van der Waals surface area contributed by atoms with Gasteiger partial charge < -0.3 is 10.1 Å². The highest BCUT2D eigenvalue weighted by molar-refractivity contribution is 5.90. The van der Waals surface area contributed by atoms with Crippen molar-refractivity contribution >= 4 is 16.7 Å². The van der Waals surface area contributed by atoms with E-state index in [0.717, 1.165) is 41.5 Å². The largest absolute Gasteiger partial charge is 0.371 e. The third-order valence-corrected chi connectivity index (χ3v) is 5.62. The van der Waals surface area contributed by atoms with Crippen LogP contribution in [-0.4, -0.2) is 27.1 Å². The Kier molecular flexibility index (Phi) is 5.36. The van der Waals surface area contributed by atoms with Gasteiger partial charge in [-0.3, -0.25) is 4.98 Å². The first-order valence-corrected chi connectivity index (χ1v) is 10.5. The molecule has 2 aromatic heterocycles. The minimum atomic E-state index is 0.170. The first-order chi connectivity index (χ1) is 14.9. The Hall–Kier alpha value is -3.31. The Morgan fingerprint density at radius 2 is 1.67 bits per heavy atom. The molecule has 2 heterocycles. The number of para-hydroxylation sites is 1. The lowest BCUT2D eigenvalue weighted by atomic mass is 10.1. The van der Waals surface area contributed by atoms with Crippen molar-refractivity contribution in [2.45, 2.75) is 38.0 Å². The monoisotopic (exact) mass is 396 g/mol. The minimum Gasteiger partial charge on any atom is -0.371 e. The zero-order valence-electron chi connectivity index (χ0n) is 16.7. The predicted molar refractivity (Wildman–Crippen MR) is 119 cm³/mol. The summed E-state index contributed by atoms with van der Waals surface area (Å²) in [7, 11) is 0. The lowest BCUT2D eigenvalue weighted by molar-refractivity contribution is 0.0394. The smallest absolute Gasteiger partial charge is 0.162 e. The van der Waals surface area contributed by atoms with Gasteiger partial charge in [0.2, 0.25) is 0 Å². The van der Waals surface area contributed by atoms with Gasteiger partial charge in [0.25, 0.3) is 0 Å². The molecule has 5 rings (SSSR count). The summed E-state index contributed by atoms with van der Waals surface area (Å²) >= 11 is 0. The van der Waals surface area contributed by atoms with Gasteiger partial charge in [-0.2, -0.15) is 0 Å². The number of anilines is 1. The van der Waals surface area contributed by atoms with Gasteiger partial charge in [-0.15, -0.1) is 0 Å². The van der Waals surface area contributed by atoms with Crippen molar-refractivity contribution in [2.24, 2.45) is 0 Å². The van der Waals surface area contributed by atoms with Crippen LogP contribution in [0.4, 0.5) is 5.82 Å². The van der Waals surface area contributed by atoms with Crippen LogP contribution in [0.3, 0.4) is 0 Å². The van der Waals surface area contributed by atoms with Gasteiger partial charge in [0.05, 0.1) is 24.3 Å². The predicted octanol–water partition coefficient (Wildman–Crippen LogP) is 5.24. The second-order valence-electron chi connectivity index (χ2n) is 7.67. The fourth-order valence-corrected chi connectivity index (χ4v) is 4.06. The Morgan fingerprint density at radius 3 is 2.53 bits per heavy atom. The Labute approximate surface area is 176 Å². The number of rotatable bonds is 6. The maximum Gasteiger partial charge on any atom is 0.162 e. The molecule has 0 saturated heterocycles. The first-order valence-electron chi connectivity index (χ1n) is 10.5. The average molecular weight is 396 g/mol. The molecule has 2 aromatic carbocycles. The molecular formula is C25H24N4O. The van der Waals surface area contributed by atoms with Crippen LogP contribution in [0.2, 0.25) is 0 Å². The maximum absolute atomic E-state index is 6.29. The third kappa shape index (κ3) is 4.02. The van der Waals surface area contributed by atoms with E-state index in [1.165, 1.54) is 5.56 Å². The Bertz CT molecular complexity index is 1120. The van der Waals surface area contributed by atoms with Crippen molar-refractivity contribution < 1.29 is 4.74 Å². The van der Waals surface area contributed by atoms with Crippen LogP contribution in [0.5, 0.6) is 0 Å². The highest BCUT2D eigenvalue weighted by Gasteiger charge is 2.29. The van der Waals surface area contributed by atoms with Crippen molar-refractivity contribution in [1.29, 1.82) is 0 Å². The zero-order valence-corrected chi connectivity index (χ0v) is 16.7. The fourth-order valence-electron chi connectivity index (χ4n) is 4.06. The van der Waals surface area contributed by atoms with Gasteiger partial charge in [-0.25, -0.2) is 9.97 Å². The topological polar surface area (TPSA) is 59.9 Å². The van der Waals surface area contributed by atoms with E-state index in [0.29, 0.717) is 12.4 Å². The molecule has 0 bridgehead atoms. The molecule has 1 aliphatic carbocycles. The van der Waals surface area contributed by atoms with E-state index in [1.807, 2.05) is 36.4 Å². The summed E-state index contributed by atoms with van der Waals surface area (Å²) in [5.74, 6) is 1.57. The van der Waals surface area contributed by atoms with Crippen molar-refractivity contribution in [3.8, 4) is 11.4 Å². The number of fused-ring (bicyclic) bond motifs is 1. The molecular weight excluding hydrogens is 372 g/mol. The molecule has 5 heteroatoms. The lowest BCUT2D eigenvalue weighted by Gasteiger charge is -2.23. The SMILES string of the molecule is c1ccc(CO[C@H]2CCC[C@@H]2Nc2nc(-c3ccncc3)nc3ccccc23)cc1. The third-order valence-electron chi connectivity index (χ3n) is 5.62. The number of pyridine rings is 1. The molecule has 0 aliphatic heterocycles. The van der Waals surface area contributed by atoms with E-state index in [4.69, 9.17) is 14.7 Å². The number of hydrogen-bond acceptors (Lipinski definition) is 5. The molecule has 4 aromatic rings. The molecule has 0 spiro atoms. The second kappa shape index (κ2) is 8.59. The van der Waals surface area contributed by atoms with Gasteiger partial charge in [-0.1, -0.05) is 42.5 Å². The van der Waals surface area contributed by atoms with E-state index >= 15 is 0 Å². The fraction of sp³-hybridized carbons (Fsp3) is 0.240. The van der Waals surface area contributed by atoms with Crippen LogP contribution >= 0.6 is 0 Å². The van der Waals surface area contributed by atoms with E-state index in [9.17, 15) is 0 Å². The Morgan fingerprint density at radius 1 is 0.867 bits per heavy atom. The summed E-state index contributed by atoms with van der Waals surface area (Å²) in [6.07, 6.45) is 6.99. The average Bonchev–Trinajstić information content (AvgIpc) is 3.26. The van der Waals surface area contributed by atoms with E-state index < -0.39 is 0 Å². The van der Waals surface area contributed by atoms with Crippen LogP contribution in [0.1, 0.15) is 24.8 Å². The van der Waals surface area contributed by atoms with Gasteiger partial charge in [-0.05, 0) is 49.1 Å². The van der Waals surface area contributed by atoms with Crippen LogP contribution in [-0.2, 0) is 11.3 Å². The highest BCUT2D eigenvalue weighted by Crippen LogP contribution is 2.30. The standard InChI is InChI=1S/C25H24N4O/c1-2-7-18(8-3-1)17-30-23-12-6-11-22(23)28-25-20-9-4-5-10-21(20)27-24(29-25)19-13-15-26-16-14-19/h1-5,7-10,13-16,22-23H,6,11-12,17H2,(H,27,28,29)/t22-,23-/m0/s1. The molecule has 0 radical (unpaired) electrons. The minimum absolute atomic E-state index is 0.170. The zero-order chi connectivity index (χ0) is 20.2. The molecule has 1 saturated carbocycles. The number of aromatic nitrogens is 3. The van der Waals surface area contributed by atoms with Gasteiger partial charge in [0, 0.05) is 23.3 Å². The molecule has 5 nitrogen and oxygen atoms in total. The number of benzene rings is 2. The quantitative estimate of drug-likeness (QED) is 0.483. The van der Waals surface area contributed by atoms with Gasteiger partial charge in [0.15, 0.2) is 5.82 Å². The van der Waals surface area contributed by atoms with Gasteiger partial charge in [0.1, 0.15) is 5.82 Å². The molecule has 1 N–H and O–H groups in total. The summed E-state index contributed by atoms with van der Waals surface area (Å²) in [6.45, 7) is 0.635. The number of ether oxygens (including phenoxy) is 1. The van der Waals surface area contributed by atoms with E-state index in [-0.39, 0.29) is 12.1 Å². The summed E-state index contributed by atoms with van der Waals surface area (Å²) in [5, 5.41) is 4.72. The van der Waals surface area contributed by atoms with E-state index in [1.54, 1.807) is 12.4 Å². The molecule has 2 atom stereocenters. The summed E-state index contributed by atoms with van der Waals surface area (Å²) < 4.78 is 6.29. The maximum atomic E-state index is 6.29. The van der Waals surface area contributed by atoms with Crippen LogP contribution < -0.4 is 5.32 Å². The van der Waals surface area contributed by atoms with Crippen LogP contribution in [0.15, 0.2) is 79.1 Å². The van der Waals surface area contributed by atoms with E-state index in [2.05, 4.69) is 40.6 Å². The molecule has 30 heavy (non-hydrogen) atoms. The summed E-state index contributed by atoms with van der Waals surface area (Å²) in [5.41, 5.74) is 3.10. The molecule has 0 unspecified atom stereocenters. The number of nitrogens with one attached hydrogen (secondary N) is 1. The molecule has 1 aliphatic rings. The highest BCUT2D eigenvalue weighted by atomic mass is 16.5. The van der Waals surface area contributed by atoms with Crippen molar-refractivity contribution in [1.82, 2.24) is 15.0 Å². The molecule has 1 fully saturated rings. The van der Waals surface area contributed by atoms with Crippen molar-refractivity contribution in [3.05, 3.63) is 84.7 Å². The summed E-state index contributed by atoms with van der Waals surface area (Å²) in [6, 6.07) is 22.6. The first kappa shape index (κ1) is 18.7. The lowest BCUT2D eigenvalue weighted by Crippen LogP contribution is -2.31. The van der Waals surface area contributed by atoms with Crippen molar-refractivity contribution in [3.63, 3.8) is 0 Å². The van der Waals surface area contributed by atoms with Gasteiger partial charge >= 0.3 is 0 Å². The number of nitrogens with zero attached hydrogens (tertiary/aromatic N) is 3. The Balaban J connectivity index is 1.41.